The lowest BCUT2D eigenvalue weighted by Crippen LogP contribution is -2.09. The largest absolute Gasteiger partial charge is 0.492 e. The van der Waals surface area contributed by atoms with Gasteiger partial charge in [-0.1, -0.05) is 5.21 Å². The lowest BCUT2D eigenvalue weighted by Gasteiger charge is -2.05. The molecule has 0 amide bonds. The van der Waals surface area contributed by atoms with Gasteiger partial charge < -0.3 is 9.84 Å². The van der Waals surface area contributed by atoms with Crippen LogP contribution in [0.25, 0.3) is 0 Å². The highest BCUT2D eigenvalue weighted by Crippen LogP contribution is 2.22. The minimum Gasteiger partial charge on any atom is -0.492 e. The topological polar surface area (TPSA) is 120 Å². The number of rotatable bonds is 6. The van der Waals surface area contributed by atoms with Crippen LogP contribution in [0.15, 0.2) is 24.4 Å². The third-order valence-electron chi connectivity index (χ3n) is 2.46. The molecule has 0 atom stereocenters. The number of aromatic nitrogens is 3. The van der Waals surface area contributed by atoms with E-state index in [4.69, 9.17) is 9.84 Å². The average Bonchev–Trinajstić information content (AvgIpc) is 2.87. The number of nitrogens with zero attached hydrogens (tertiary/aromatic N) is 4. The van der Waals surface area contributed by atoms with E-state index in [1.807, 2.05) is 0 Å². The van der Waals surface area contributed by atoms with Crippen LogP contribution in [0.3, 0.4) is 0 Å². The first-order chi connectivity index (χ1) is 9.97. The number of halogens is 1. The molecule has 0 unspecified atom stereocenters. The zero-order valence-corrected chi connectivity index (χ0v) is 10.5. The Labute approximate surface area is 116 Å². The number of carboxylic acids is 1. The molecular formula is C11H9FN4O5. The van der Waals surface area contributed by atoms with Crippen molar-refractivity contribution in [2.45, 2.75) is 6.54 Å². The molecule has 1 heterocycles. The molecule has 21 heavy (non-hydrogen) atoms. The monoisotopic (exact) mass is 296 g/mol. The van der Waals surface area contributed by atoms with Gasteiger partial charge in [-0.2, -0.15) is 4.39 Å². The third kappa shape index (κ3) is 3.49. The molecule has 0 radical (unpaired) electrons. The van der Waals surface area contributed by atoms with E-state index in [0.29, 0.717) is 0 Å². The molecule has 2 aromatic rings. The lowest BCUT2D eigenvalue weighted by atomic mass is 10.3. The van der Waals surface area contributed by atoms with E-state index in [1.54, 1.807) is 0 Å². The summed E-state index contributed by atoms with van der Waals surface area (Å²) in [5.74, 6) is -2.07. The molecule has 0 aliphatic rings. The highest BCUT2D eigenvalue weighted by Gasteiger charge is 2.14. The Hall–Kier alpha value is -3.04. The fourth-order valence-electron chi connectivity index (χ4n) is 1.49. The van der Waals surface area contributed by atoms with Gasteiger partial charge in [-0.15, -0.1) is 5.10 Å². The van der Waals surface area contributed by atoms with Crippen molar-refractivity contribution < 1.29 is 24.0 Å². The van der Waals surface area contributed by atoms with Crippen molar-refractivity contribution in [1.29, 1.82) is 0 Å². The van der Waals surface area contributed by atoms with E-state index < -0.39 is 22.4 Å². The minimum absolute atomic E-state index is 0.0691. The van der Waals surface area contributed by atoms with E-state index in [0.717, 1.165) is 12.1 Å². The van der Waals surface area contributed by atoms with Crippen LogP contribution in [0.4, 0.5) is 10.1 Å². The van der Waals surface area contributed by atoms with Crippen LogP contribution in [-0.4, -0.2) is 37.6 Å². The van der Waals surface area contributed by atoms with Crippen molar-refractivity contribution in [1.82, 2.24) is 15.0 Å². The Morgan fingerprint density at radius 2 is 2.29 bits per heavy atom. The Morgan fingerprint density at radius 3 is 2.86 bits per heavy atom. The molecule has 0 aliphatic carbocycles. The van der Waals surface area contributed by atoms with Gasteiger partial charge in [0, 0.05) is 12.1 Å². The summed E-state index contributed by atoms with van der Waals surface area (Å²) in [7, 11) is 0. The van der Waals surface area contributed by atoms with Crippen molar-refractivity contribution in [2.75, 3.05) is 6.61 Å². The second-order valence-electron chi connectivity index (χ2n) is 3.89. The van der Waals surface area contributed by atoms with Crippen molar-refractivity contribution in [2.24, 2.45) is 0 Å². The molecule has 1 aromatic carbocycles. The number of aromatic carboxylic acids is 1. The Morgan fingerprint density at radius 1 is 1.52 bits per heavy atom. The summed E-state index contributed by atoms with van der Waals surface area (Å²) in [6.07, 6.45) is 1.22. The number of hydrogen-bond donors (Lipinski definition) is 1. The van der Waals surface area contributed by atoms with Gasteiger partial charge in [-0.3, -0.25) is 10.1 Å². The fourth-order valence-corrected chi connectivity index (χ4v) is 1.49. The maximum atomic E-state index is 13.3. The van der Waals surface area contributed by atoms with Gasteiger partial charge in [0.1, 0.15) is 12.4 Å². The molecule has 0 fully saturated rings. The molecule has 0 spiro atoms. The smallest absolute Gasteiger partial charge is 0.358 e. The van der Waals surface area contributed by atoms with Crippen LogP contribution in [0.1, 0.15) is 10.5 Å². The third-order valence-corrected chi connectivity index (χ3v) is 2.46. The quantitative estimate of drug-likeness (QED) is 0.625. The molecule has 10 heteroatoms. The van der Waals surface area contributed by atoms with E-state index in [-0.39, 0.29) is 24.6 Å². The van der Waals surface area contributed by atoms with Crippen LogP contribution in [0.5, 0.6) is 5.75 Å². The molecule has 110 valence electrons. The van der Waals surface area contributed by atoms with Gasteiger partial charge in [0.05, 0.1) is 17.7 Å². The second kappa shape index (κ2) is 5.94. The predicted octanol–water partition coefficient (Wildman–Crippen LogP) is 1.10. The number of nitro benzene ring substituents is 1. The first-order valence-electron chi connectivity index (χ1n) is 5.67. The molecule has 0 saturated carbocycles. The number of carboxylic acid groups (broad SMARTS) is 1. The molecule has 9 nitrogen and oxygen atoms in total. The molecule has 1 N–H and O–H groups in total. The number of hydrogen-bond acceptors (Lipinski definition) is 6. The van der Waals surface area contributed by atoms with Crippen molar-refractivity contribution in [3.63, 3.8) is 0 Å². The SMILES string of the molecule is O=C(O)c1cn(CCOc2ccc([N+](=O)[O-])c(F)c2)nn1. The van der Waals surface area contributed by atoms with Gasteiger partial charge in [0.2, 0.25) is 5.82 Å². The van der Waals surface area contributed by atoms with Gasteiger partial charge in [0.25, 0.3) is 0 Å². The van der Waals surface area contributed by atoms with Crippen LogP contribution in [-0.2, 0) is 6.54 Å². The number of ether oxygens (including phenoxy) is 1. The first kappa shape index (κ1) is 14.4. The van der Waals surface area contributed by atoms with E-state index in [2.05, 4.69) is 10.3 Å². The fraction of sp³-hybridized carbons (Fsp3) is 0.182. The standard InChI is InChI=1S/C11H9FN4O5/c12-8-5-7(1-2-10(8)16(19)20)21-4-3-15-6-9(11(17)18)13-14-15/h1-2,5-6H,3-4H2,(H,17,18). The predicted molar refractivity (Wildman–Crippen MR) is 65.5 cm³/mol. The zero-order chi connectivity index (χ0) is 15.4. The summed E-state index contributed by atoms with van der Waals surface area (Å²) in [5, 5.41) is 26.1. The van der Waals surface area contributed by atoms with Crippen molar-refractivity contribution >= 4 is 11.7 Å². The molecule has 1 aromatic heterocycles. The summed E-state index contributed by atoms with van der Waals surface area (Å²) in [4.78, 5) is 20.2. The Bertz CT molecular complexity index is 687. The summed E-state index contributed by atoms with van der Waals surface area (Å²) < 4.78 is 19.8. The lowest BCUT2D eigenvalue weighted by molar-refractivity contribution is -0.387. The number of nitro groups is 1. The summed E-state index contributed by atoms with van der Waals surface area (Å²) in [6.45, 7) is 0.262. The van der Waals surface area contributed by atoms with Crippen LogP contribution in [0, 0.1) is 15.9 Å². The normalized spacial score (nSPS) is 10.3. The average molecular weight is 296 g/mol. The molecule has 0 bridgehead atoms. The summed E-state index contributed by atoms with van der Waals surface area (Å²) >= 11 is 0. The number of carbonyl (C=O) groups is 1. The van der Waals surface area contributed by atoms with Crippen LogP contribution in [0.2, 0.25) is 0 Å². The van der Waals surface area contributed by atoms with Crippen LogP contribution < -0.4 is 4.74 Å². The second-order valence-corrected chi connectivity index (χ2v) is 3.89. The zero-order valence-electron chi connectivity index (χ0n) is 10.5. The summed E-state index contributed by atoms with van der Waals surface area (Å²) in [6, 6.07) is 3.18. The number of benzene rings is 1. The molecule has 0 aliphatic heterocycles. The highest BCUT2D eigenvalue weighted by molar-refractivity contribution is 5.84. The molecule has 2 rings (SSSR count). The van der Waals surface area contributed by atoms with Crippen molar-refractivity contribution in [3.05, 3.63) is 46.0 Å². The first-order valence-corrected chi connectivity index (χ1v) is 5.67. The maximum absolute atomic E-state index is 13.3. The van der Waals surface area contributed by atoms with Crippen molar-refractivity contribution in [3.8, 4) is 5.75 Å². The Kier molecular flexibility index (Phi) is 4.07. The van der Waals surface area contributed by atoms with E-state index >= 15 is 0 Å². The van der Waals surface area contributed by atoms with Gasteiger partial charge in [0.15, 0.2) is 5.69 Å². The Balaban J connectivity index is 1.92. The minimum atomic E-state index is -1.19. The molecular weight excluding hydrogens is 287 g/mol. The maximum Gasteiger partial charge on any atom is 0.358 e. The highest BCUT2D eigenvalue weighted by atomic mass is 19.1. The summed E-state index contributed by atoms with van der Waals surface area (Å²) in [5.41, 5.74) is -0.832. The van der Waals surface area contributed by atoms with E-state index in [1.165, 1.54) is 16.9 Å². The van der Waals surface area contributed by atoms with Crippen LogP contribution >= 0.6 is 0 Å². The van der Waals surface area contributed by atoms with Gasteiger partial charge >= 0.3 is 11.7 Å². The van der Waals surface area contributed by atoms with E-state index in [9.17, 15) is 19.3 Å². The van der Waals surface area contributed by atoms with Gasteiger partial charge in [-0.25, -0.2) is 9.48 Å². The molecule has 0 saturated heterocycles. The van der Waals surface area contributed by atoms with Gasteiger partial charge in [-0.05, 0) is 6.07 Å².